The number of nitrogens with zero attached hydrogens (tertiary/aromatic N) is 1. The molecule has 1 saturated carbocycles. The molecular weight excluding hydrogens is 270 g/mol. The molecule has 1 aliphatic carbocycles. The van der Waals surface area contributed by atoms with Gasteiger partial charge in [0.25, 0.3) is 0 Å². The van der Waals surface area contributed by atoms with Gasteiger partial charge in [-0.2, -0.15) is 0 Å². The minimum atomic E-state index is -0.613. The minimum Gasteiger partial charge on any atom is -0.385 e. The van der Waals surface area contributed by atoms with Crippen molar-refractivity contribution in [3.63, 3.8) is 0 Å². The van der Waals surface area contributed by atoms with Crippen LogP contribution >= 0.6 is 0 Å². The van der Waals surface area contributed by atoms with Crippen LogP contribution in [0.4, 0.5) is 0 Å². The van der Waals surface area contributed by atoms with Gasteiger partial charge >= 0.3 is 0 Å². The first-order chi connectivity index (χ1) is 10.7. The van der Waals surface area contributed by atoms with Gasteiger partial charge < -0.3 is 10.0 Å². The molecule has 0 radical (unpaired) electrons. The highest BCUT2D eigenvalue weighted by Gasteiger charge is 2.40. The van der Waals surface area contributed by atoms with Crippen molar-refractivity contribution >= 4 is 0 Å². The van der Waals surface area contributed by atoms with E-state index in [1.165, 1.54) is 57.2 Å². The highest BCUT2D eigenvalue weighted by molar-refractivity contribution is 5.28. The molecule has 2 unspecified atom stereocenters. The first kappa shape index (κ1) is 16.0. The topological polar surface area (TPSA) is 23.5 Å². The average Bonchev–Trinajstić information content (AvgIpc) is 2.79. The standard InChI is InChI=1S/C20H31NO/c1-17-9-11-18(12-10-17)20(22)13-5-4-8-19(20)16-21-14-6-2-3-7-15-21/h9-12,19,22H,2-8,13-16H2,1H3. The van der Waals surface area contributed by atoms with Crippen LogP contribution in [0.15, 0.2) is 24.3 Å². The van der Waals surface area contributed by atoms with E-state index in [9.17, 15) is 5.11 Å². The Hall–Kier alpha value is -0.860. The molecule has 0 amide bonds. The molecule has 2 fully saturated rings. The van der Waals surface area contributed by atoms with Crippen LogP contribution in [0.1, 0.15) is 62.5 Å². The molecule has 1 aromatic carbocycles. The Labute approximate surface area is 135 Å². The Kier molecular flexibility index (Phi) is 5.20. The number of hydrogen-bond acceptors (Lipinski definition) is 2. The van der Waals surface area contributed by atoms with Crippen molar-refractivity contribution < 1.29 is 5.11 Å². The van der Waals surface area contributed by atoms with Crippen molar-refractivity contribution in [1.82, 2.24) is 4.90 Å². The van der Waals surface area contributed by atoms with Gasteiger partial charge in [-0.05, 0) is 51.3 Å². The summed E-state index contributed by atoms with van der Waals surface area (Å²) in [4.78, 5) is 2.61. The maximum absolute atomic E-state index is 11.5. The number of aryl methyl sites for hydroxylation is 1. The molecule has 1 saturated heterocycles. The molecule has 1 aromatic rings. The van der Waals surface area contributed by atoms with Crippen LogP contribution < -0.4 is 0 Å². The lowest BCUT2D eigenvalue weighted by molar-refractivity contribution is -0.0654. The van der Waals surface area contributed by atoms with E-state index in [4.69, 9.17) is 0 Å². The summed E-state index contributed by atoms with van der Waals surface area (Å²) in [6, 6.07) is 8.59. The van der Waals surface area contributed by atoms with Gasteiger partial charge in [-0.15, -0.1) is 0 Å². The van der Waals surface area contributed by atoms with Gasteiger partial charge in [0.15, 0.2) is 0 Å². The fourth-order valence-electron chi connectivity index (χ4n) is 4.32. The predicted octanol–water partition coefficient (Wildman–Crippen LogP) is 4.25. The SMILES string of the molecule is Cc1ccc(C2(O)CCCCC2CN2CCCCCC2)cc1. The first-order valence-corrected chi connectivity index (χ1v) is 9.20. The van der Waals surface area contributed by atoms with Crippen molar-refractivity contribution in [1.29, 1.82) is 0 Å². The molecule has 2 nitrogen and oxygen atoms in total. The molecule has 0 aromatic heterocycles. The van der Waals surface area contributed by atoms with Crippen molar-refractivity contribution in [3.8, 4) is 0 Å². The van der Waals surface area contributed by atoms with Gasteiger partial charge in [-0.3, -0.25) is 0 Å². The highest BCUT2D eigenvalue weighted by Crippen LogP contribution is 2.42. The largest absolute Gasteiger partial charge is 0.385 e. The zero-order valence-corrected chi connectivity index (χ0v) is 14.1. The van der Waals surface area contributed by atoms with Gasteiger partial charge in [-0.1, -0.05) is 55.5 Å². The van der Waals surface area contributed by atoms with Crippen LogP contribution in [0.2, 0.25) is 0 Å². The number of likely N-dealkylation sites (tertiary alicyclic amines) is 1. The van der Waals surface area contributed by atoms with Crippen LogP contribution in [0, 0.1) is 12.8 Å². The Morgan fingerprint density at radius 3 is 2.36 bits per heavy atom. The Morgan fingerprint density at radius 1 is 1.00 bits per heavy atom. The third-order valence-corrected chi connectivity index (χ3v) is 5.76. The van der Waals surface area contributed by atoms with Gasteiger partial charge in [0, 0.05) is 12.5 Å². The zero-order valence-electron chi connectivity index (χ0n) is 14.1. The maximum atomic E-state index is 11.5. The summed E-state index contributed by atoms with van der Waals surface area (Å²) in [5, 5.41) is 11.5. The number of benzene rings is 1. The third-order valence-electron chi connectivity index (χ3n) is 5.76. The molecule has 0 bridgehead atoms. The van der Waals surface area contributed by atoms with Crippen molar-refractivity contribution in [2.24, 2.45) is 5.92 Å². The normalized spacial score (nSPS) is 30.9. The summed E-state index contributed by atoms with van der Waals surface area (Å²) in [6.07, 6.45) is 9.93. The molecule has 122 valence electrons. The van der Waals surface area contributed by atoms with Gasteiger partial charge in [0.2, 0.25) is 0 Å². The molecule has 1 heterocycles. The van der Waals surface area contributed by atoms with Crippen molar-refractivity contribution in [3.05, 3.63) is 35.4 Å². The van der Waals surface area contributed by atoms with Gasteiger partial charge in [0.1, 0.15) is 0 Å². The minimum absolute atomic E-state index is 0.391. The lowest BCUT2D eigenvalue weighted by Gasteiger charge is -2.42. The maximum Gasteiger partial charge on any atom is 0.0936 e. The quantitative estimate of drug-likeness (QED) is 0.902. The van der Waals surface area contributed by atoms with Crippen LogP contribution in [-0.2, 0) is 5.60 Å². The van der Waals surface area contributed by atoms with Crippen molar-refractivity contribution in [2.75, 3.05) is 19.6 Å². The summed E-state index contributed by atoms with van der Waals surface area (Å²) >= 11 is 0. The summed E-state index contributed by atoms with van der Waals surface area (Å²) in [6.45, 7) is 5.63. The Balaban J connectivity index is 1.76. The molecule has 2 atom stereocenters. The van der Waals surface area contributed by atoms with E-state index in [1.54, 1.807) is 0 Å². The fraction of sp³-hybridized carbons (Fsp3) is 0.700. The van der Waals surface area contributed by atoms with E-state index in [2.05, 4.69) is 36.1 Å². The Morgan fingerprint density at radius 2 is 1.68 bits per heavy atom. The molecule has 22 heavy (non-hydrogen) atoms. The molecule has 1 N–H and O–H groups in total. The zero-order chi connectivity index (χ0) is 15.4. The smallest absolute Gasteiger partial charge is 0.0936 e. The van der Waals surface area contributed by atoms with E-state index in [0.717, 1.165) is 24.9 Å². The molecule has 3 rings (SSSR count). The highest BCUT2D eigenvalue weighted by atomic mass is 16.3. The molecule has 1 aliphatic heterocycles. The molecule has 2 aliphatic rings. The van der Waals surface area contributed by atoms with E-state index in [0.29, 0.717) is 5.92 Å². The molecule has 0 spiro atoms. The van der Waals surface area contributed by atoms with E-state index < -0.39 is 5.60 Å². The van der Waals surface area contributed by atoms with Gasteiger partial charge in [0.05, 0.1) is 5.60 Å². The van der Waals surface area contributed by atoms with Crippen LogP contribution in [0.3, 0.4) is 0 Å². The van der Waals surface area contributed by atoms with Crippen LogP contribution in [0.25, 0.3) is 0 Å². The fourth-order valence-corrected chi connectivity index (χ4v) is 4.32. The van der Waals surface area contributed by atoms with Crippen LogP contribution in [-0.4, -0.2) is 29.6 Å². The molecule has 2 heteroatoms. The first-order valence-electron chi connectivity index (χ1n) is 9.20. The van der Waals surface area contributed by atoms with E-state index in [-0.39, 0.29) is 0 Å². The summed E-state index contributed by atoms with van der Waals surface area (Å²) < 4.78 is 0. The predicted molar refractivity (Wildman–Crippen MR) is 91.9 cm³/mol. The second kappa shape index (κ2) is 7.14. The summed E-state index contributed by atoms with van der Waals surface area (Å²) in [5.74, 6) is 0.391. The number of aliphatic hydroxyl groups is 1. The summed E-state index contributed by atoms with van der Waals surface area (Å²) in [5.41, 5.74) is 1.79. The second-order valence-electron chi connectivity index (χ2n) is 7.45. The van der Waals surface area contributed by atoms with Crippen molar-refractivity contribution in [2.45, 2.75) is 63.9 Å². The number of rotatable bonds is 3. The third kappa shape index (κ3) is 3.55. The van der Waals surface area contributed by atoms with E-state index >= 15 is 0 Å². The van der Waals surface area contributed by atoms with E-state index in [1.807, 2.05) is 0 Å². The van der Waals surface area contributed by atoms with Crippen LogP contribution in [0.5, 0.6) is 0 Å². The lowest BCUT2D eigenvalue weighted by atomic mass is 9.71. The van der Waals surface area contributed by atoms with Gasteiger partial charge in [-0.25, -0.2) is 0 Å². The monoisotopic (exact) mass is 301 g/mol. The summed E-state index contributed by atoms with van der Waals surface area (Å²) in [7, 11) is 0. The lowest BCUT2D eigenvalue weighted by Crippen LogP contribution is -2.44. The Bertz CT molecular complexity index is 461. The molecular formula is C20H31NO. The number of hydrogen-bond donors (Lipinski definition) is 1. The second-order valence-corrected chi connectivity index (χ2v) is 7.45. The average molecular weight is 301 g/mol.